The Labute approximate surface area is 228 Å². The molecule has 11 nitrogen and oxygen atoms in total. The molecule has 0 saturated carbocycles. The van der Waals surface area contributed by atoms with Crippen molar-refractivity contribution in [3.05, 3.63) is 78.8 Å². The molecule has 0 spiro atoms. The van der Waals surface area contributed by atoms with Gasteiger partial charge in [0.25, 0.3) is 5.91 Å². The summed E-state index contributed by atoms with van der Waals surface area (Å²) in [7, 11) is 1.49. The minimum atomic E-state index is -0.713. The number of ether oxygens (including phenoxy) is 1. The second kappa shape index (κ2) is 10.5. The van der Waals surface area contributed by atoms with Crippen molar-refractivity contribution in [3.8, 4) is 22.8 Å². The Bertz CT molecular complexity index is 1720. The van der Waals surface area contributed by atoms with Gasteiger partial charge in [0.2, 0.25) is 0 Å². The van der Waals surface area contributed by atoms with Crippen LogP contribution in [0.1, 0.15) is 31.3 Å². The topological polar surface area (TPSA) is 136 Å². The molecule has 3 heterocycles. The zero-order valence-corrected chi connectivity index (χ0v) is 22.2. The average molecular weight is 544 g/mol. The summed E-state index contributed by atoms with van der Waals surface area (Å²) in [5.74, 6) is -0.611. The van der Waals surface area contributed by atoms with Crippen LogP contribution in [0.25, 0.3) is 22.4 Å². The predicted molar refractivity (Wildman–Crippen MR) is 147 cm³/mol. The van der Waals surface area contributed by atoms with Gasteiger partial charge < -0.3 is 25.1 Å². The second-order valence-corrected chi connectivity index (χ2v) is 9.82. The highest BCUT2D eigenvalue weighted by atomic mass is 19.1. The summed E-state index contributed by atoms with van der Waals surface area (Å²) in [6, 6.07) is 11.7. The molecule has 0 bridgehead atoms. The van der Waals surface area contributed by atoms with Crippen LogP contribution in [0.5, 0.6) is 11.5 Å². The molecule has 0 saturated heterocycles. The number of hydrogen-bond acceptors (Lipinski definition) is 7. The number of rotatable bonds is 6. The van der Waals surface area contributed by atoms with Crippen molar-refractivity contribution < 1.29 is 23.1 Å². The van der Waals surface area contributed by atoms with Gasteiger partial charge in [-0.1, -0.05) is 0 Å². The Hall–Kier alpha value is -5.26. The van der Waals surface area contributed by atoms with Gasteiger partial charge in [-0.25, -0.2) is 14.2 Å². The van der Waals surface area contributed by atoms with Gasteiger partial charge in [0.05, 0.1) is 16.9 Å². The van der Waals surface area contributed by atoms with Gasteiger partial charge in [0.1, 0.15) is 34.2 Å². The molecule has 204 valence electrons. The van der Waals surface area contributed by atoms with Gasteiger partial charge in [-0.05, 0) is 57.2 Å². The molecule has 0 aliphatic heterocycles. The van der Waals surface area contributed by atoms with Crippen LogP contribution in [0, 0.1) is 5.82 Å². The average Bonchev–Trinajstić information content (AvgIpc) is 3.56. The fourth-order valence-electron chi connectivity index (χ4n) is 3.83. The fourth-order valence-corrected chi connectivity index (χ4v) is 3.83. The highest BCUT2D eigenvalue weighted by Gasteiger charge is 2.21. The number of aromatic nitrogens is 4. The van der Waals surface area contributed by atoms with E-state index in [2.05, 4.69) is 25.9 Å². The Kier molecular flexibility index (Phi) is 6.91. The van der Waals surface area contributed by atoms with Gasteiger partial charge >= 0.3 is 6.03 Å². The number of nitrogens with one attached hydrogen (secondary N) is 3. The number of fused-ring (bicyclic) bond motifs is 1. The molecule has 5 rings (SSSR count). The summed E-state index contributed by atoms with van der Waals surface area (Å²) in [4.78, 5) is 32.9. The molecule has 0 atom stereocenters. The predicted octanol–water partition coefficient (Wildman–Crippen LogP) is 5.78. The van der Waals surface area contributed by atoms with Gasteiger partial charge in [-0.2, -0.15) is 5.10 Å². The minimum Gasteiger partial charge on any atom is -0.457 e. The third-order valence-corrected chi connectivity index (χ3v) is 5.87. The maximum Gasteiger partial charge on any atom is 0.323 e. The van der Waals surface area contributed by atoms with E-state index in [1.165, 1.54) is 37.8 Å². The number of carbonyl (C=O) groups is 2. The number of urea groups is 1. The third kappa shape index (κ3) is 5.60. The first-order valence-corrected chi connectivity index (χ1v) is 12.3. The largest absolute Gasteiger partial charge is 0.457 e. The van der Waals surface area contributed by atoms with Crippen LogP contribution in [-0.4, -0.2) is 38.7 Å². The van der Waals surface area contributed by atoms with E-state index in [1.807, 2.05) is 32.9 Å². The SMILES string of the molecule is CNC(=O)c1cc(Oc2ccc(NC(=O)Nc3cn(C(C)(C)C)nc3-c3ccc4ocnc4c3)c(F)c2)ccn1. The highest BCUT2D eigenvalue weighted by molar-refractivity contribution is 6.02. The number of nitrogens with zero attached hydrogens (tertiary/aromatic N) is 4. The van der Waals surface area contributed by atoms with Crippen molar-refractivity contribution in [2.45, 2.75) is 26.3 Å². The van der Waals surface area contributed by atoms with Crippen molar-refractivity contribution in [1.82, 2.24) is 25.1 Å². The van der Waals surface area contributed by atoms with Crippen LogP contribution in [0.4, 0.5) is 20.6 Å². The van der Waals surface area contributed by atoms with E-state index in [1.54, 1.807) is 23.0 Å². The van der Waals surface area contributed by atoms with Crippen LogP contribution < -0.4 is 20.7 Å². The van der Waals surface area contributed by atoms with E-state index >= 15 is 0 Å². The van der Waals surface area contributed by atoms with Gasteiger partial charge in [-0.15, -0.1) is 0 Å². The van der Waals surface area contributed by atoms with Crippen LogP contribution >= 0.6 is 0 Å². The molecule has 40 heavy (non-hydrogen) atoms. The first-order valence-electron chi connectivity index (χ1n) is 12.3. The molecule has 0 radical (unpaired) electrons. The van der Waals surface area contributed by atoms with Crippen molar-refractivity contribution >= 4 is 34.4 Å². The lowest BCUT2D eigenvalue weighted by atomic mass is 10.1. The van der Waals surface area contributed by atoms with Crippen LogP contribution in [0.15, 0.2) is 71.7 Å². The standard InChI is InChI=1S/C28H26FN7O4/c1-28(2,3)36-14-23(25(35-36)16-5-8-24-21(11-16)32-15-39-24)34-27(38)33-20-7-6-17(12-19(20)29)40-18-9-10-31-22(13-18)26(37)30-4/h5-15H,1-4H3,(H,30,37)(H2,33,34,38). The summed E-state index contributed by atoms with van der Waals surface area (Å²) in [6.07, 6.45) is 4.49. The quantitative estimate of drug-likeness (QED) is 0.247. The molecular formula is C28H26FN7O4. The number of hydrogen-bond donors (Lipinski definition) is 3. The van der Waals surface area contributed by atoms with E-state index < -0.39 is 11.8 Å². The van der Waals surface area contributed by atoms with E-state index in [4.69, 9.17) is 14.3 Å². The molecule has 12 heteroatoms. The summed E-state index contributed by atoms with van der Waals surface area (Å²) in [5.41, 5.74) is 2.70. The molecule has 0 aliphatic rings. The normalized spacial score (nSPS) is 11.3. The number of anilines is 2. The zero-order valence-electron chi connectivity index (χ0n) is 22.2. The second-order valence-electron chi connectivity index (χ2n) is 9.82. The number of oxazole rings is 1. The van der Waals surface area contributed by atoms with Crippen molar-refractivity contribution in [2.75, 3.05) is 17.7 Å². The minimum absolute atomic E-state index is 0.0561. The summed E-state index contributed by atoms with van der Waals surface area (Å²) in [5, 5.41) is 12.5. The van der Waals surface area contributed by atoms with E-state index in [-0.39, 0.29) is 28.6 Å². The lowest BCUT2D eigenvalue weighted by molar-refractivity contribution is 0.0957. The molecule has 0 unspecified atom stereocenters. The number of pyridine rings is 1. The van der Waals surface area contributed by atoms with E-state index in [9.17, 15) is 14.0 Å². The smallest absolute Gasteiger partial charge is 0.323 e. The lowest BCUT2D eigenvalue weighted by Crippen LogP contribution is -2.22. The molecule has 5 aromatic rings. The Morgan fingerprint density at radius 3 is 2.50 bits per heavy atom. The first kappa shape index (κ1) is 26.4. The maximum atomic E-state index is 14.9. The van der Waals surface area contributed by atoms with E-state index in [0.717, 1.165) is 11.6 Å². The Morgan fingerprint density at radius 1 is 0.975 bits per heavy atom. The Morgan fingerprint density at radius 2 is 1.75 bits per heavy atom. The number of carbonyl (C=O) groups excluding carboxylic acids is 2. The first-order chi connectivity index (χ1) is 19.1. The monoisotopic (exact) mass is 543 g/mol. The van der Waals surface area contributed by atoms with Crippen LogP contribution in [0.3, 0.4) is 0 Å². The van der Waals surface area contributed by atoms with Crippen molar-refractivity contribution in [1.29, 1.82) is 0 Å². The van der Waals surface area contributed by atoms with Gasteiger partial charge in [0, 0.05) is 37.1 Å². The van der Waals surface area contributed by atoms with E-state index in [0.29, 0.717) is 28.2 Å². The summed E-state index contributed by atoms with van der Waals surface area (Å²) < 4.78 is 27.6. The molecule has 3 N–H and O–H groups in total. The zero-order chi connectivity index (χ0) is 28.4. The summed E-state index contributed by atoms with van der Waals surface area (Å²) in [6.45, 7) is 5.95. The third-order valence-electron chi connectivity index (χ3n) is 5.87. The Balaban J connectivity index is 1.34. The molecule has 0 fully saturated rings. The van der Waals surface area contributed by atoms with Crippen molar-refractivity contribution in [2.24, 2.45) is 0 Å². The maximum absolute atomic E-state index is 14.9. The number of amides is 3. The molecular weight excluding hydrogens is 517 g/mol. The number of halogens is 1. The molecule has 2 aromatic carbocycles. The highest BCUT2D eigenvalue weighted by Crippen LogP contribution is 2.32. The van der Waals surface area contributed by atoms with Gasteiger partial charge in [-0.3, -0.25) is 14.5 Å². The fraction of sp³-hybridized carbons (Fsp3) is 0.179. The summed E-state index contributed by atoms with van der Waals surface area (Å²) >= 11 is 0. The van der Waals surface area contributed by atoms with Gasteiger partial charge in [0.15, 0.2) is 12.0 Å². The number of benzene rings is 2. The molecule has 3 aromatic heterocycles. The molecule has 0 aliphatic carbocycles. The van der Waals surface area contributed by atoms with Crippen molar-refractivity contribution in [3.63, 3.8) is 0 Å². The lowest BCUT2D eigenvalue weighted by Gasteiger charge is -2.18. The van der Waals surface area contributed by atoms with Crippen LogP contribution in [-0.2, 0) is 5.54 Å². The molecule has 3 amide bonds. The van der Waals surface area contributed by atoms with Crippen LogP contribution in [0.2, 0.25) is 0 Å².